The van der Waals surface area contributed by atoms with Crippen LogP contribution in [-0.2, 0) is 6.18 Å². The SMILES string of the molecule is FC(F)(F)c1ccccc1NC(=S)N/N=C/c1c(Cl)nc2sccn12. The predicted molar refractivity (Wildman–Crippen MR) is 96.5 cm³/mol. The Morgan fingerprint density at radius 3 is 2.88 bits per heavy atom. The van der Waals surface area contributed by atoms with Crippen molar-refractivity contribution in [2.75, 3.05) is 5.32 Å². The van der Waals surface area contributed by atoms with Crippen LogP contribution in [0, 0.1) is 0 Å². The molecule has 0 spiro atoms. The number of fused-ring (bicyclic) bond motifs is 1. The van der Waals surface area contributed by atoms with Crippen molar-refractivity contribution in [2.45, 2.75) is 6.18 Å². The number of imidazole rings is 1. The van der Waals surface area contributed by atoms with E-state index in [0.717, 1.165) is 6.07 Å². The summed E-state index contributed by atoms with van der Waals surface area (Å²) >= 11 is 12.4. The van der Waals surface area contributed by atoms with Gasteiger partial charge in [0.05, 0.1) is 17.5 Å². The van der Waals surface area contributed by atoms with Crippen LogP contribution in [0.15, 0.2) is 40.9 Å². The van der Waals surface area contributed by atoms with Crippen LogP contribution in [0.4, 0.5) is 18.9 Å². The van der Waals surface area contributed by atoms with Crippen LogP contribution in [0.25, 0.3) is 4.96 Å². The van der Waals surface area contributed by atoms with Crippen molar-refractivity contribution in [1.29, 1.82) is 0 Å². The predicted octanol–water partition coefficient (Wildman–Crippen LogP) is 4.39. The fourth-order valence-corrected chi connectivity index (χ4v) is 3.19. The third kappa shape index (κ3) is 3.91. The molecular formula is C14H9ClF3N5S2. The van der Waals surface area contributed by atoms with E-state index < -0.39 is 11.7 Å². The summed E-state index contributed by atoms with van der Waals surface area (Å²) in [5.41, 5.74) is 2.01. The first kappa shape index (κ1) is 17.6. The molecule has 3 rings (SSSR count). The molecule has 0 aliphatic carbocycles. The molecule has 5 nitrogen and oxygen atoms in total. The molecular weight excluding hydrogens is 395 g/mol. The summed E-state index contributed by atoms with van der Waals surface area (Å²) in [6, 6.07) is 5.02. The molecule has 0 fully saturated rings. The highest BCUT2D eigenvalue weighted by Crippen LogP contribution is 2.34. The van der Waals surface area contributed by atoms with E-state index >= 15 is 0 Å². The second-order valence-corrected chi connectivity index (χ2v) is 6.35. The Kier molecular flexibility index (Phi) is 4.93. The average Bonchev–Trinajstić information content (AvgIpc) is 3.09. The molecule has 0 amide bonds. The molecule has 0 saturated carbocycles. The zero-order valence-electron chi connectivity index (χ0n) is 12.2. The van der Waals surface area contributed by atoms with Gasteiger partial charge in [-0.3, -0.25) is 9.83 Å². The number of nitrogens with zero attached hydrogens (tertiary/aromatic N) is 3. The molecule has 0 atom stereocenters. The fourth-order valence-electron chi connectivity index (χ4n) is 2.03. The van der Waals surface area contributed by atoms with Gasteiger partial charge in [0.2, 0.25) is 0 Å². The smallest absolute Gasteiger partial charge is 0.331 e. The van der Waals surface area contributed by atoms with E-state index in [1.54, 1.807) is 10.6 Å². The number of thiazole rings is 1. The van der Waals surface area contributed by atoms with Crippen LogP contribution < -0.4 is 10.7 Å². The van der Waals surface area contributed by atoms with Crippen molar-refractivity contribution >= 4 is 57.1 Å². The van der Waals surface area contributed by atoms with Crippen molar-refractivity contribution in [1.82, 2.24) is 14.8 Å². The number of thiocarbonyl (C=S) groups is 1. The molecule has 11 heteroatoms. The zero-order valence-corrected chi connectivity index (χ0v) is 14.6. The van der Waals surface area contributed by atoms with Crippen molar-refractivity contribution in [2.24, 2.45) is 5.10 Å². The number of halogens is 4. The summed E-state index contributed by atoms with van der Waals surface area (Å²) in [6.45, 7) is 0. The van der Waals surface area contributed by atoms with Gasteiger partial charge in [0.1, 0.15) is 5.69 Å². The molecule has 0 radical (unpaired) electrons. The number of alkyl halides is 3. The monoisotopic (exact) mass is 403 g/mol. The van der Waals surface area contributed by atoms with Crippen molar-refractivity contribution in [3.63, 3.8) is 0 Å². The summed E-state index contributed by atoms with van der Waals surface area (Å²) in [6.07, 6.45) is -1.33. The summed E-state index contributed by atoms with van der Waals surface area (Å²) in [4.78, 5) is 4.83. The maximum atomic E-state index is 12.9. The van der Waals surface area contributed by atoms with Gasteiger partial charge in [0.25, 0.3) is 0 Å². The largest absolute Gasteiger partial charge is 0.418 e. The minimum absolute atomic E-state index is 0.0878. The molecule has 2 N–H and O–H groups in total. The van der Waals surface area contributed by atoms with E-state index in [-0.39, 0.29) is 16.0 Å². The number of nitrogens with one attached hydrogen (secondary N) is 2. The van der Waals surface area contributed by atoms with Crippen LogP contribution in [0.1, 0.15) is 11.3 Å². The molecule has 0 bridgehead atoms. The van der Waals surface area contributed by atoms with Crippen LogP contribution in [0.3, 0.4) is 0 Å². The second-order valence-electron chi connectivity index (χ2n) is 4.71. The number of hydrazone groups is 1. The van der Waals surface area contributed by atoms with Gasteiger partial charge in [-0.2, -0.15) is 18.3 Å². The molecule has 25 heavy (non-hydrogen) atoms. The first-order valence-corrected chi connectivity index (χ1v) is 8.40. The van der Waals surface area contributed by atoms with Gasteiger partial charge in [-0.25, -0.2) is 4.98 Å². The highest BCUT2D eigenvalue weighted by Gasteiger charge is 2.33. The number of rotatable bonds is 3. The molecule has 0 saturated heterocycles. The molecule has 1 aromatic carbocycles. The van der Waals surface area contributed by atoms with Gasteiger partial charge in [0.15, 0.2) is 15.2 Å². The number of hydrogen-bond donors (Lipinski definition) is 2. The average molecular weight is 404 g/mol. The highest BCUT2D eigenvalue weighted by molar-refractivity contribution is 7.80. The Hall–Kier alpha value is -2.17. The second kappa shape index (κ2) is 6.98. The summed E-state index contributed by atoms with van der Waals surface area (Å²) in [7, 11) is 0. The lowest BCUT2D eigenvalue weighted by Gasteiger charge is -2.14. The van der Waals surface area contributed by atoms with E-state index in [9.17, 15) is 13.2 Å². The van der Waals surface area contributed by atoms with Crippen molar-refractivity contribution in [3.8, 4) is 0 Å². The number of para-hydroxylation sites is 1. The molecule has 2 aromatic heterocycles. The zero-order chi connectivity index (χ0) is 18.0. The van der Waals surface area contributed by atoms with E-state index in [1.165, 1.54) is 35.8 Å². The molecule has 0 unspecified atom stereocenters. The lowest BCUT2D eigenvalue weighted by atomic mass is 10.2. The number of anilines is 1. The Bertz CT molecular complexity index is 947. The fraction of sp³-hybridized carbons (Fsp3) is 0.0714. The third-order valence-electron chi connectivity index (χ3n) is 3.09. The third-order valence-corrected chi connectivity index (χ3v) is 4.32. The van der Waals surface area contributed by atoms with Crippen LogP contribution in [0.2, 0.25) is 5.15 Å². The summed E-state index contributed by atoms with van der Waals surface area (Å²) in [5.74, 6) is 0. The van der Waals surface area contributed by atoms with Gasteiger partial charge in [-0.05, 0) is 24.4 Å². The Labute approximate surface area is 154 Å². The van der Waals surface area contributed by atoms with E-state index in [4.69, 9.17) is 23.8 Å². The number of hydrogen-bond acceptors (Lipinski definition) is 4. The van der Waals surface area contributed by atoms with Gasteiger partial charge in [-0.1, -0.05) is 23.7 Å². The normalized spacial score (nSPS) is 12.0. The van der Waals surface area contributed by atoms with E-state index in [2.05, 4.69) is 20.8 Å². The summed E-state index contributed by atoms with van der Waals surface area (Å²) < 4.78 is 40.6. The van der Waals surface area contributed by atoms with Crippen LogP contribution >= 0.6 is 35.2 Å². The molecule has 2 heterocycles. The minimum Gasteiger partial charge on any atom is -0.331 e. The van der Waals surface area contributed by atoms with Crippen LogP contribution in [-0.4, -0.2) is 20.7 Å². The standard InChI is InChI=1S/C14H9ClF3N5S2/c15-11-10(23-5-6-25-13(23)21-11)7-19-22-12(24)20-9-4-2-1-3-8(9)14(16,17)18/h1-7H,(H2,20,22,24)/b19-7+. The number of benzene rings is 1. The molecule has 0 aliphatic heterocycles. The quantitative estimate of drug-likeness (QED) is 0.387. The minimum atomic E-state index is -4.49. The molecule has 130 valence electrons. The first-order chi connectivity index (χ1) is 11.9. The van der Waals surface area contributed by atoms with E-state index in [0.29, 0.717) is 10.7 Å². The maximum Gasteiger partial charge on any atom is 0.418 e. The highest BCUT2D eigenvalue weighted by atomic mass is 35.5. The summed E-state index contributed by atoms with van der Waals surface area (Å²) in [5, 5.41) is 8.38. The molecule has 0 aliphatic rings. The van der Waals surface area contributed by atoms with Crippen molar-refractivity contribution < 1.29 is 13.2 Å². The van der Waals surface area contributed by atoms with Gasteiger partial charge >= 0.3 is 6.18 Å². The topological polar surface area (TPSA) is 53.7 Å². The van der Waals surface area contributed by atoms with Gasteiger partial charge < -0.3 is 5.32 Å². The lowest BCUT2D eigenvalue weighted by Crippen LogP contribution is -2.25. The lowest BCUT2D eigenvalue weighted by molar-refractivity contribution is -0.136. The first-order valence-electron chi connectivity index (χ1n) is 6.73. The Morgan fingerprint density at radius 1 is 1.36 bits per heavy atom. The Morgan fingerprint density at radius 2 is 2.12 bits per heavy atom. The van der Waals surface area contributed by atoms with Crippen molar-refractivity contribution in [3.05, 3.63) is 52.3 Å². The molecule has 3 aromatic rings. The maximum absolute atomic E-state index is 12.9. The van der Waals surface area contributed by atoms with Gasteiger partial charge in [-0.15, -0.1) is 11.3 Å². The Balaban J connectivity index is 1.70. The van der Waals surface area contributed by atoms with Crippen LogP contribution in [0.5, 0.6) is 0 Å². The number of aromatic nitrogens is 2. The van der Waals surface area contributed by atoms with E-state index in [1.807, 2.05) is 5.38 Å². The van der Waals surface area contributed by atoms with Gasteiger partial charge in [0, 0.05) is 11.6 Å².